The van der Waals surface area contributed by atoms with Gasteiger partial charge < -0.3 is 18.9 Å². The number of benzene rings is 2. The molecule has 4 rings (SSSR count). The molecule has 0 saturated carbocycles. The second-order valence-electron chi connectivity index (χ2n) is 6.86. The summed E-state index contributed by atoms with van der Waals surface area (Å²) in [4.78, 5) is 14.4. The van der Waals surface area contributed by atoms with Crippen LogP contribution in [0.4, 0.5) is 5.69 Å². The normalized spacial score (nSPS) is 14.1. The summed E-state index contributed by atoms with van der Waals surface area (Å²) < 4.78 is 44.1. The van der Waals surface area contributed by atoms with Crippen LogP contribution in [0.5, 0.6) is 11.5 Å². The molecular weight excluding hydrogens is 410 g/mol. The van der Waals surface area contributed by atoms with Crippen LogP contribution in [0, 0.1) is 0 Å². The lowest BCUT2D eigenvalue weighted by atomic mass is 10.2. The Morgan fingerprint density at radius 2 is 1.87 bits per heavy atom. The van der Waals surface area contributed by atoms with Crippen LogP contribution in [-0.2, 0) is 10.0 Å². The summed E-state index contributed by atoms with van der Waals surface area (Å²) in [5.74, 6) is 0.588. The van der Waals surface area contributed by atoms with E-state index in [1.165, 1.54) is 32.4 Å². The zero-order valence-electron chi connectivity index (χ0n) is 16.5. The minimum Gasteiger partial charge on any atom is -0.497 e. The Morgan fingerprint density at radius 3 is 2.57 bits per heavy atom. The van der Waals surface area contributed by atoms with Crippen LogP contribution >= 0.6 is 0 Å². The minimum atomic E-state index is -3.96. The fraction of sp³-hybridized carbons (Fsp3) is 0.300. The molecule has 0 aliphatic carbocycles. The lowest BCUT2D eigenvalue weighted by Gasteiger charge is -2.14. The number of carbonyl (C=O) groups excluding carboxylic acids is 1. The van der Waals surface area contributed by atoms with E-state index in [-0.39, 0.29) is 22.2 Å². The van der Waals surface area contributed by atoms with E-state index in [2.05, 4.69) is 9.88 Å². The van der Waals surface area contributed by atoms with E-state index in [4.69, 9.17) is 14.0 Å². The number of likely N-dealkylation sites (tertiary alicyclic amines) is 1. The van der Waals surface area contributed by atoms with E-state index in [1.54, 1.807) is 23.1 Å². The van der Waals surface area contributed by atoms with Crippen LogP contribution in [0.25, 0.3) is 11.0 Å². The molecule has 158 valence electrons. The Labute approximate surface area is 173 Å². The van der Waals surface area contributed by atoms with Crippen molar-refractivity contribution in [3.05, 3.63) is 42.1 Å². The highest BCUT2D eigenvalue weighted by molar-refractivity contribution is 7.92. The van der Waals surface area contributed by atoms with Crippen molar-refractivity contribution in [1.82, 2.24) is 10.1 Å². The average molecular weight is 431 g/mol. The second kappa shape index (κ2) is 7.86. The van der Waals surface area contributed by atoms with Gasteiger partial charge in [0.2, 0.25) is 0 Å². The smallest absolute Gasteiger partial charge is 0.276 e. The van der Waals surface area contributed by atoms with Gasteiger partial charge in [0.1, 0.15) is 11.5 Å². The van der Waals surface area contributed by atoms with E-state index in [1.807, 2.05) is 0 Å². The molecular formula is C20H21N3O6S. The first kappa shape index (κ1) is 20.0. The quantitative estimate of drug-likeness (QED) is 0.639. The van der Waals surface area contributed by atoms with Crippen molar-refractivity contribution in [3.8, 4) is 11.5 Å². The summed E-state index contributed by atoms with van der Waals surface area (Å²) in [5, 5.41) is 4.24. The first-order valence-corrected chi connectivity index (χ1v) is 10.8. The molecule has 1 aromatic heterocycles. The van der Waals surface area contributed by atoms with Crippen LogP contribution in [-0.4, -0.2) is 51.7 Å². The molecule has 1 saturated heterocycles. The van der Waals surface area contributed by atoms with E-state index in [9.17, 15) is 13.2 Å². The predicted octanol–water partition coefficient (Wildman–Crippen LogP) is 2.88. The van der Waals surface area contributed by atoms with Gasteiger partial charge in [-0.1, -0.05) is 5.16 Å². The number of ether oxygens (including phenoxy) is 2. The van der Waals surface area contributed by atoms with Crippen molar-refractivity contribution in [2.75, 3.05) is 32.0 Å². The Kier molecular flexibility index (Phi) is 5.25. The lowest BCUT2D eigenvalue weighted by Crippen LogP contribution is -2.28. The van der Waals surface area contributed by atoms with Crippen LogP contribution in [0.2, 0.25) is 0 Å². The van der Waals surface area contributed by atoms with Gasteiger partial charge in [-0.15, -0.1) is 0 Å². The molecule has 3 aromatic rings. The topological polar surface area (TPSA) is 111 Å². The molecule has 9 nitrogen and oxygen atoms in total. The summed E-state index contributed by atoms with van der Waals surface area (Å²) >= 11 is 0. The molecule has 0 bridgehead atoms. The number of hydrogen-bond donors (Lipinski definition) is 1. The number of aromatic nitrogens is 1. The van der Waals surface area contributed by atoms with Crippen molar-refractivity contribution in [1.29, 1.82) is 0 Å². The van der Waals surface area contributed by atoms with Crippen LogP contribution in [0.15, 0.2) is 45.8 Å². The number of nitrogens with one attached hydrogen (secondary N) is 1. The van der Waals surface area contributed by atoms with Gasteiger partial charge in [-0.25, -0.2) is 8.42 Å². The first-order valence-electron chi connectivity index (χ1n) is 9.36. The van der Waals surface area contributed by atoms with Crippen molar-refractivity contribution < 1.29 is 27.2 Å². The Bertz CT molecular complexity index is 1200. The summed E-state index contributed by atoms with van der Waals surface area (Å²) in [6.45, 7) is 1.31. The lowest BCUT2D eigenvalue weighted by molar-refractivity contribution is 0.0784. The molecule has 30 heavy (non-hydrogen) atoms. The minimum absolute atomic E-state index is 0.0217. The molecule has 10 heteroatoms. The molecule has 0 atom stereocenters. The number of amides is 1. The highest BCUT2D eigenvalue weighted by atomic mass is 32.2. The number of hydrogen-bond acceptors (Lipinski definition) is 7. The maximum Gasteiger partial charge on any atom is 0.276 e. The number of rotatable bonds is 6. The van der Waals surface area contributed by atoms with Crippen molar-refractivity contribution in [2.24, 2.45) is 0 Å². The van der Waals surface area contributed by atoms with E-state index >= 15 is 0 Å². The molecule has 1 aliphatic rings. The largest absolute Gasteiger partial charge is 0.497 e. The molecule has 0 unspecified atom stereocenters. The summed E-state index contributed by atoms with van der Waals surface area (Å²) in [7, 11) is -1.02. The number of nitrogens with zero attached hydrogens (tertiary/aromatic N) is 2. The van der Waals surface area contributed by atoms with E-state index in [0.29, 0.717) is 35.6 Å². The Balaban J connectivity index is 1.68. The fourth-order valence-corrected chi connectivity index (χ4v) is 4.49. The summed E-state index contributed by atoms with van der Waals surface area (Å²) in [5.41, 5.74) is 0.724. The van der Waals surface area contributed by atoms with Crippen LogP contribution < -0.4 is 14.2 Å². The highest BCUT2D eigenvalue weighted by Crippen LogP contribution is 2.32. The molecule has 1 fully saturated rings. The van der Waals surface area contributed by atoms with Crippen molar-refractivity contribution >= 4 is 32.6 Å². The van der Waals surface area contributed by atoms with Gasteiger partial charge in [-0.05, 0) is 43.2 Å². The molecule has 2 heterocycles. The number of carbonyl (C=O) groups is 1. The number of methoxy groups -OCH3 is 2. The molecule has 0 radical (unpaired) electrons. The zero-order valence-corrected chi connectivity index (χ0v) is 17.4. The summed E-state index contributed by atoms with van der Waals surface area (Å²) in [6.07, 6.45) is 1.88. The van der Waals surface area contributed by atoms with Gasteiger partial charge in [0.25, 0.3) is 15.9 Å². The van der Waals surface area contributed by atoms with Crippen LogP contribution in [0.3, 0.4) is 0 Å². The molecule has 0 spiro atoms. The third-order valence-electron chi connectivity index (χ3n) is 5.00. The van der Waals surface area contributed by atoms with Gasteiger partial charge >= 0.3 is 0 Å². The fourth-order valence-electron chi connectivity index (χ4n) is 3.40. The van der Waals surface area contributed by atoms with Gasteiger partial charge in [0.15, 0.2) is 11.3 Å². The predicted molar refractivity (Wildman–Crippen MR) is 110 cm³/mol. The van der Waals surface area contributed by atoms with Gasteiger partial charge in [-0.2, -0.15) is 0 Å². The number of anilines is 1. The maximum absolute atomic E-state index is 13.0. The Hall–Kier alpha value is -3.27. The Morgan fingerprint density at radius 1 is 1.10 bits per heavy atom. The monoisotopic (exact) mass is 431 g/mol. The van der Waals surface area contributed by atoms with E-state index < -0.39 is 10.0 Å². The number of sulfonamides is 1. The van der Waals surface area contributed by atoms with Gasteiger partial charge in [0.05, 0.1) is 30.2 Å². The maximum atomic E-state index is 13.0. The van der Waals surface area contributed by atoms with Gasteiger partial charge in [-0.3, -0.25) is 9.52 Å². The molecule has 2 aromatic carbocycles. The standard InChI is InChI=1S/C20H21N3O6S/c1-27-13-5-7-16(18(11-13)28-2)22-30(25,26)14-6-8-17-15(12-14)19(21-29-17)20(24)23-9-3-4-10-23/h5-8,11-12,22H,3-4,9-10H2,1-2H3. The number of fused-ring (bicyclic) bond motifs is 1. The first-order chi connectivity index (χ1) is 14.4. The van der Waals surface area contributed by atoms with E-state index in [0.717, 1.165) is 12.8 Å². The third kappa shape index (κ3) is 3.65. The van der Waals surface area contributed by atoms with Crippen molar-refractivity contribution in [2.45, 2.75) is 17.7 Å². The summed E-state index contributed by atoms with van der Waals surface area (Å²) in [6, 6.07) is 9.03. The average Bonchev–Trinajstić information content (AvgIpc) is 3.43. The molecule has 1 N–H and O–H groups in total. The SMILES string of the molecule is COc1ccc(NS(=O)(=O)c2ccc3onc(C(=O)N4CCCC4)c3c2)c(OC)c1. The zero-order chi connectivity index (χ0) is 21.3. The molecule has 1 aliphatic heterocycles. The second-order valence-corrected chi connectivity index (χ2v) is 8.54. The highest BCUT2D eigenvalue weighted by Gasteiger charge is 2.26. The van der Waals surface area contributed by atoms with Crippen molar-refractivity contribution in [3.63, 3.8) is 0 Å². The van der Waals surface area contributed by atoms with Crippen LogP contribution in [0.1, 0.15) is 23.3 Å². The molecule has 1 amide bonds. The third-order valence-corrected chi connectivity index (χ3v) is 6.36. The van der Waals surface area contributed by atoms with Gasteiger partial charge in [0, 0.05) is 19.2 Å².